The number of carboxylic acid groups (broad SMARTS) is 1. The van der Waals surface area contributed by atoms with Gasteiger partial charge < -0.3 is 29.5 Å². The van der Waals surface area contributed by atoms with Gasteiger partial charge in [-0.25, -0.2) is 4.79 Å². The molecule has 0 saturated carbocycles. The number of ether oxygens (including phenoxy) is 2. The maximum Gasteiger partial charge on any atom is 0.341 e. The highest BCUT2D eigenvalue weighted by Gasteiger charge is 2.32. The zero-order chi connectivity index (χ0) is 26.9. The molecule has 2 aliphatic heterocycles. The molecule has 2 aliphatic rings. The number of aliphatic carboxylic acids is 1. The van der Waals surface area contributed by atoms with Crippen molar-refractivity contribution in [3.63, 3.8) is 0 Å². The fraction of sp³-hybridized carbons (Fsp3) is 0.464. The Morgan fingerprint density at radius 3 is 2.50 bits per heavy atom. The highest BCUT2D eigenvalue weighted by molar-refractivity contribution is 8.93. The van der Waals surface area contributed by atoms with Gasteiger partial charge in [-0.1, -0.05) is 26.8 Å². The average molecular weight is 591 g/mol. The second-order valence-corrected chi connectivity index (χ2v) is 10.6. The number of carbonyl (C=O) groups excluding carboxylic acids is 1. The van der Waals surface area contributed by atoms with Crippen molar-refractivity contribution in [1.82, 2.24) is 4.90 Å². The first-order chi connectivity index (χ1) is 17.5. The number of carboxylic acids is 1. The summed E-state index contributed by atoms with van der Waals surface area (Å²) < 4.78 is 11.3. The van der Waals surface area contributed by atoms with Crippen LogP contribution in [0.2, 0.25) is 0 Å². The highest BCUT2D eigenvalue weighted by atomic mass is 79.9. The van der Waals surface area contributed by atoms with Crippen molar-refractivity contribution >= 4 is 40.3 Å². The van der Waals surface area contributed by atoms with Gasteiger partial charge in [0.25, 0.3) is 0 Å². The lowest BCUT2D eigenvalue weighted by Gasteiger charge is -2.29. The smallest absolute Gasteiger partial charge is 0.341 e. The van der Waals surface area contributed by atoms with E-state index in [4.69, 9.17) is 14.9 Å². The molecule has 0 bridgehead atoms. The average Bonchev–Trinajstić information content (AvgIpc) is 3.40. The molecule has 3 N–H and O–H groups in total. The number of β-amino-alcohol motifs (C(OH)–C–C–N with tert-alkyl or cyclic N) is 1. The van der Waals surface area contributed by atoms with Gasteiger partial charge in [0, 0.05) is 36.3 Å². The number of hydrogen-bond acceptors (Lipinski definition) is 7. The van der Waals surface area contributed by atoms with E-state index in [2.05, 4.69) is 0 Å². The highest BCUT2D eigenvalue weighted by Crippen LogP contribution is 2.41. The molecular weight excluding hydrogens is 554 g/mol. The molecule has 0 radical (unpaired) electrons. The predicted octanol–water partition coefficient (Wildman–Crippen LogP) is 4.02. The van der Waals surface area contributed by atoms with Crippen molar-refractivity contribution in [2.24, 2.45) is 0 Å². The Bertz CT molecular complexity index is 1230. The maximum atomic E-state index is 13.6. The molecule has 1 unspecified atom stereocenters. The van der Waals surface area contributed by atoms with Crippen LogP contribution in [0.3, 0.4) is 0 Å². The van der Waals surface area contributed by atoms with Gasteiger partial charge in [0.2, 0.25) is 0 Å². The molecule has 2 heterocycles. The van der Waals surface area contributed by atoms with Crippen molar-refractivity contribution < 1.29 is 29.3 Å². The number of Topliss-reactive ketones (excluding diaryl/α,β-unsaturated/α-hetero) is 1. The predicted molar refractivity (Wildman–Crippen MR) is 151 cm³/mol. The standard InChI is InChI=1S/C28H35N3O6.BrH/c1-5-36-20-7-6-17-13-31(27(29)21(17)12-20)15-24(33)18-10-22(28(2,3)4)26(37-16-25(34)35)23(11-18)30-9-8-19(32)14-30;/h6-7,10-12,19,29,32H,5,8-9,13-16H2,1-4H3,(H,34,35);1H. The fourth-order valence-corrected chi connectivity index (χ4v) is 4.84. The van der Waals surface area contributed by atoms with Crippen LogP contribution in [0.1, 0.15) is 61.2 Å². The summed E-state index contributed by atoms with van der Waals surface area (Å²) in [5.41, 5.74) is 3.08. The molecule has 4 rings (SSSR count). The van der Waals surface area contributed by atoms with Crippen LogP contribution in [0.25, 0.3) is 0 Å². The number of amidine groups is 1. The van der Waals surface area contributed by atoms with E-state index in [1.54, 1.807) is 17.0 Å². The monoisotopic (exact) mass is 589 g/mol. The molecule has 2 aromatic carbocycles. The number of aliphatic hydroxyl groups is 1. The van der Waals surface area contributed by atoms with Crippen molar-refractivity contribution in [3.8, 4) is 11.5 Å². The van der Waals surface area contributed by atoms with Gasteiger partial charge in [0.05, 0.1) is 24.9 Å². The first kappa shape index (κ1) is 29.4. The number of hydrogen-bond donors (Lipinski definition) is 3. The van der Waals surface area contributed by atoms with E-state index in [1.165, 1.54) is 0 Å². The largest absolute Gasteiger partial charge is 0.494 e. The maximum absolute atomic E-state index is 13.6. The van der Waals surface area contributed by atoms with Gasteiger partial charge in [-0.15, -0.1) is 17.0 Å². The number of benzene rings is 2. The van der Waals surface area contributed by atoms with Crippen molar-refractivity contribution in [2.45, 2.75) is 52.2 Å². The van der Waals surface area contributed by atoms with Crippen molar-refractivity contribution in [2.75, 3.05) is 37.7 Å². The van der Waals surface area contributed by atoms with Crippen LogP contribution in [-0.2, 0) is 16.8 Å². The molecule has 0 aliphatic carbocycles. The third kappa shape index (κ3) is 6.30. The summed E-state index contributed by atoms with van der Waals surface area (Å²) in [5, 5.41) is 28.1. The lowest BCUT2D eigenvalue weighted by molar-refractivity contribution is -0.139. The first-order valence-corrected chi connectivity index (χ1v) is 12.6. The minimum absolute atomic E-state index is 0. The van der Waals surface area contributed by atoms with Crippen LogP contribution >= 0.6 is 17.0 Å². The molecule has 0 amide bonds. The number of carbonyl (C=O) groups is 2. The Labute approximate surface area is 233 Å². The number of anilines is 1. The topological polar surface area (TPSA) is 123 Å². The minimum Gasteiger partial charge on any atom is -0.494 e. The van der Waals surface area contributed by atoms with E-state index >= 15 is 0 Å². The van der Waals surface area contributed by atoms with Crippen LogP contribution in [0.4, 0.5) is 5.69 Å². The normalized spacial score (nSPS) is 16.8. The molecule has 1 saturated heterocycles. The number of aliphatic hydroxyl groups excluding tert-OH is 1. The van der Waals surface area contributed by atoms with Gasteiger partial charge in [0.1, 0.15) is 17.3 Å². The number of nitrogens with one attached hydrogen (secondary N) is 1. The van der Waals surface area contributed by atoms with E-state index < -0.39 is 24.1 Å². The van der Waals surface area contributed by atoms with E-state index in [1.807, 2.05) is 50.8 Å². The molecule has 1 fully saturated rings. The summed E-state index contributed by atoms with van der Waals surface area (Å²) in [5.74, 6) is 0.157. The molecule has 206 valence electrons. The van der Waals surface area contributed by atoms with Gasteiger partial charge >= 0.3 is 5.97 Å². The number of halogens is 1. The van der Waals surface area contributed by atoms with E-state index in [0.717, 1.165) is 16.7 Å². The number of fused-ring (bicyclic) bond motifs is 1. The number of nitrogens with zero attached hydrogens (tertiary/aromatic N) is 2. The second kappa shape index (κ2) is 11.7. The van der Waals surface area contributed by atoms with Crippen LogP contribution in [-0.4, -0.2) is 71.7 Å². The quantitative estimate of drug-likeness (QED) is 0.375. The zero-order valence-electron chi connectivity index (χ0n) is 22.2. The lowest BCUT2D eigenvalue weighted by Crippen LogP contribution is -2.31. The summed E-state index contributed by atoms with van der Waals surface area (Å²) in [6.45, 7) is 9.31. The molecule has 0 spiro atoms. The zero-order valence-corrected chi connectivity index (χ0v) is 24.0. The minimum atomic E-state index is -1.09. The summed E-state index contributed by atoms with van der Waals surface area (Å²) in [6.07, 6.45) is 0.0730. The van der Waals surface area contributed by atoms with Crippen molar-refractivity contribution in [1.29, 1.82) is 5.41 Å². The van der Waals surface area contributed by atoms with Gasteiger partial charge in [-0.2, -0.15) is 0 Å². The number of rotatable bonds is 9. The Morgan fingerprint density at radius 1 is 1.16 bits per heavy atom. The number of ketones is 1. The molecular formula is C28H36BrN3O6. The van der Waals surface area contributed by atoms with Crippen LogP contribution in [0, 0.1) is 5.41 Å². The van der Waals surface area contributed by atoms with Crippen LogP contribution in [0.15, 0.2) is 30.3 Å². The van der Waals surface area contributed by atoms with E-state index in [-0.39, 0.29) is 35.1 Å². The Kier molecular flexibility index (Phi) is 9.09. The SMILES string of the molecule is Br.CCOc1ccc2c(c1)C(=N)N(CC(=O)c1cc(N3CCC(O)C3)c(OCC(=O)O)c(C(C)(C)C)c1)C2. The van der Waals surface area contributed by atoms with Gasteiger partial charge in [-0.3, -0.25) is 10.2 Å². The third-order valence-electron chi connectivity index (χ3n) is 6.70. The molecule has 10 heteroatoms. The first-order valence-electron chi connectivity index (χ1n) is 12.6. The summed E-state index contributed by atoms with van der Waals surface area (Å²) in [7, 11) is 0. The summed E-state index contributed by atoms with van der Waals surface area (Å²) >= 11 is 0. The lowest BCUT2D eigenvalue weighted by atomic mass is 9.84. The molecule has 9 nitrogen and oxygen atoms in total. The van der Waals surface area contributed by atoms with Gasteiger partial charge in [-0.05, 0) is 48.6 Å². The third-order valence-corrected chi connectivity index (χ3v) is 6.70. The van der Waals surface area contributed by atoms with E-state index in [9.17, 15) is 19.8 Å². The van der Waals surface area contributed by atoms with Crippen LogP contribution in [0.5, 0.6) is 11.5 Å². The van der Waals surface area contributed by atoms with Gasteiger partial charge in [0.15, 0.2) is 12.4 Å². The molecule has 38 heavy (non-hydrogen) atoms. The Morgan fingerprint density at radius 2 is 1.89 bits per heavy atom. The van der Waals surface area contributed by atoms with E-state index in [0.29, 0.717) is 55.4 Å². The molecule has 1 atom stereocenters. The fourth-order valence-electron chi connectivity index (χ4n) is 4.84. The van der Waals surface area contributed by atoms with Crippen LogP contribution < -0.4 is 14.4 Å². The Balaban J connectivity index is 0.00000400. The van der Waals surface area contributed by atoms with Crippen molar-refractivity contribution in [3.05, 3.63) is 52.6 Å². The molecule has 0 aromatic heterocycles. The second-order valence-electron chi connectivity index (χ2n) is 10.6. The summed E-state index contributed by atoms with van der Waals surface area (Å²) in [6, 6.07) is 9.16. The summed E-state index contributed by atoms with van der Waals surface area (Å²) in [4.78, 5) is 28.6. The molecule has 2 aromatic rings. The Hall–Kier alpha value is -3.11.